The Labute approximate surface area is 225 Å². The number of amides is 2. The highest BCUT2D eigenvalue weighted by Crippen LogP contribution is 2.25. The first kappa shape index (κ1) is 31.1. The van der Waals surface area contributed by atoms with Crippen molar-refractivity contribution in [3.05, 3.63) is 59.7 Å². The summed E-state index contributed by atoms with van der Waals surface area (Å²) < 4.78 is 38.1. The molecule has 1 fully saturated rings. The van der Waals surface area contributed by atoms with Gasteiger partial charge in [0.15, 0.2) is 0 Å². The van der Waals surface area contributed by atoms with E-state index in [9.17, 15) is 27.6 Å². The average molecular weight is 551 g/mol. The van der Waals surface area contributed by atoms with Crippen molar-refractivity contribution in [3.63, 3.8) is 0 Å². The van der Waals surface area contributed by atoms with Crippen molar-refractivity contribution in [2.75, 3.05) is 30.8 Å². The number of para-hydroxylation sites is 2. The van der Waals surface area contributed by atoms with Crippen LogP contribution in [0.3, 0.4) is 0 Å². The molecule has 0 radical (unpaired) electrons. The molecular formula is C27H35F3N5O4+. The molecule has 0 spiro atoms. The fraction of sp³-hybridized carbons (Fsp3) is 0.407. The zero-order valence-corrected chi connectivity index (χ0v) is 22.4. The molecule has 1 aliphatic rings. The van der Waals surface area contributed by atoms with Gasteiger partial charge < -0.3 is 15.4 Å². The molecule has 0 saturated carbocycles. The summed E-state index contributed by atoms with van der Waals surface area (Å²) in [5.74, 6) is -2.48. The second-order valence-electron chi connectivity index (χ2n) is 10.0. The van der Waals surface area contributed by atoms with Crippen molar-refractivity contribution in [1.29, 1.82) is 0 Å². The Hall–Kier alpha value is -4.09. The molecule has 39 heavy (non-hydrogen) atoms. The maximum Gasteiger partial charge on any atom is 0.490 e. The summed E-state index contributed by atoms with van der Waals surface area (Å²) in [5, 5.41) is 5.87. The number of esters is 1. The number of halogens is 3. The summed E-state index contributed by atoms with van der Waals surface area (Å²) in [5.41, 5.74) is 14.2. The molecule has 1 heterocycles. The van der Waals surface area contributed by atoms with E-state index in [4.69, 9.17) is 11.5 Å². The molecule has 2 aromatic rings. The van der Waals surface area contributed by atoms with E-state index in [2.05, 4.69) is 36.1 Å². The van der Waals surface area contributed by atoms with E-state index in [1.165, 1.54) is 0 Å². The molecule has 6 N–H and O–H groups in total. The molecule has 1 unspecified atom stereocenters. The third kappa shape index (κ3) is 9.31. The Kier molecular flexibility index (Phi) is 10.5. The van der Waals surface area contributed by atoms with Gasteiger partial charge in [-0.2, -0.15) is 13.2 Å². The molecule has 0 aliphatic carbocycles. The number of nitrogens with two attached hydrogens (primary N) is 2. The Morgan fingerprint density at radius 3 is 1.97 bits per heavy atom. The number of hydrogen-bond donors (Lipinski definition) is 4. The number of hydrogen-bond acceptors (Lipinski definition) is 4. The van der Waals surface area contributed by atoms with Gasteiger partial charge in [-0.1, -0.05) is 45.0 Å². The zero-order chi connectivity index (χ0) is 29.4. The number of benzene rings is 2. The Balaban J connectivity index is 0.000000580. The summed E-state index contributed by atoms with van der Waals surface area (Å²) in [6.45, 7) is 7.64. The van der Waals surface area contributed by atoms with Crippen LogP contribution in [0.2, 0.25) is 0 Å². The molecule has 2 aromatic carbocycles. The van der Waals surface area contributed by atoms with E-state index in [1.807, 2.05) is 41.0 Å². The summed E-state index contributed by atoms with van der Waals surface area (Å²) in [6.07, 6.45) is -3.24. The molecule has 9 nitrogen and oxygen atoms in total. The number of methoxy groups -OCH3 is 1. The average Bonchev–Trinajstić information content (AvgIpc) is 2.88. The molecule has 212 valence electrons. The van der Waals surface area contributed by atoms with Gasteiger partial charge in [-0.15, -0.1) is 0 Å². The van der Waals surface area contributed by atoms with Crippen molar-refractivity contribution in [1.82, 2.24) is 0 Å². The Morgan fingerprint density at radius 2 is 1.51 bits per heavy atom. The normalized spacial score (nSPS) is 15.4. The van der Waals surface area contributed by atoms with Gasteiger partial charge in [-0.05, 0) is 48.1 Å². The predicted molar refractivity (Wildman–Crippen MR) is 142 cm³/mol. The number of nitrogens with one attached hydrogen (secondary N) is 2. The number of alkyl halides is 3. The number of ether oxygens (including phenoxy) is 1. The zero-order valence-electron chi connectivity index (χ0n) is 22.4. The smallest absolute Gasteiger partial charge is 0.462 e. The lowest BCUT2D eigenvalue weighted by atomic mass is 9.87. The SMILES string of the molecule is CC(C)(C)c1ccc(C(=O)Nc2ccccc2NC(=O)C2CCC[N+](=C(N)N)C2)cc1.COC(=O)C(F)(F)F. The lowest BCUT2D eigenvalue weighted by Gasteiger charge is -2.24. The number of piperidine rings is 1. The van der Waals surface area contributed by atoms with Gasteiger partial charge >= 0.3 is 18.1 Å². The lowest BCUT2D eigenvalue weighted by Crippen LogP contribution is -2.43. The minimum atomic E-state index is -4.85. The number of nitrogens with zero attached hydrogens (tertiary/aromatic N) is 1. The van der Waals surface area contributed by atoms with Crippen molar-refractivity contribution in [2.45, 2.75) is 45.2 Å². The third-order valence-electron chi connectivity index (χ3n) is 6.02. The fourth-order valence-corrected chi connectivity index (χ4v) is 3.79. The van der Waals surface area contributed by atoms with Gasteiger partial charge in [0, 0.05) is 5.56 Å². The highest BCUT2D eigenvalue weighted by atomic mass is 19.4. The van der Waals surface area contributed by atoms with Gasteiger partial charge in [-0.25, -0.2) is 4.79 Å². The van der Waals surface area contributed by atoms with Crippen LogP contribution in [0.25, 0.3) is 0 Å². The number of anilines is 2. The molecule has 1 aliphatic heterocycles. The standard InChI is InChI=1S/C24H31N5O2.C3H3F3O2/c1-24(2,3)18-12-10-16(11-13-18)21(30)27-19-8-4-5-9-20(19)28-22(31)17-7-6-14-29(15-17)23(25)26;1-8-2(7)3(4,5)6/h4-5,8-13,17H,6-7,14-15H2,1-3H3,(H5,25,26,27,28,30,31);1H3/p+1. The van der Waals surface area contributed by atoms with Gasteiger partial charge in [0.2, 0.25) is 5.91 Å². The van der Waals surface area contributed by atoms with E-state index in [1.54, 1.807) is 12.1 Å². The van der Waals surface area contributed by atoms with Crippen LogP contribution in [-0.2, 0) is 19.7 Å². The van der Waals surface area contributed by atoms with Crippen molar-refractivity contribution >= 4 is 35.1 Å². The molecule has 3 rings (SSSR count). The number of rotatable bonds is 4. The fourth-order valence-electron chi connectivity index (χ4n) is 3.79. The van der Waals surface area contributed by atoms with Gasteiger partial charge in [0.25, 0.3) is 5.91 Å². The molecule has 12 heteroatoms. The third-order valence-corrected chi connectivity index (χ3v) is 6.02. The topological polar surface area (TPSA) is 140 Å². The largest absolute Gasteiger partial charge is 0.490 e. The number of carbonyl (C=O) groups is 3. The molecule has 2 amide bonds. The van der Waals surface area contributed by atoms with Crippen LogP contribution in [0, 0.1) is 5.92 Å². The van der Waals surface area contributed by atoms with Crippen molar-refractivity contribution < 1.29 is 36.9 Å². The van der Waals surface area contributed by atoms with E-state index < -0.39 is 12.1 Å². The quantitative estimate of drug-likeness (QED) is 0.261. The molecule has 1 saturated heterocycles. The molecular weight excluding hydrogens is 515 g/mol. The number of guanidine groups is 1. The maximum atomic E-state index is 12.8. The van der Waals surface area contributed by atoms with Crippen LogP contribution in [0.4, 0.5) is 24.5 Å². The first-order chi connectivity index (χ1) is 18.1. The summed E-state index contributed by atoms with van der Waals surface area (Å²) in [6, 6.07) is 14.8. The first-order valence-electron chi connectivity index (χ1n) is 12.2. The summed E-state index contributed by atoms with van der Waals surface area (Å²) in [4.78, 5) is 35.1. The van der Waals surface area contributed by atoms with Crippen LogP contribution in [-0.4, -0.2) is 54.7 Å². The van der Waals surface area contributed by atoms with Crippen LogP contribution < -0.4 is 22.1 Å². The van der Waals surface area contributed by atoms with Crippen molar-refractivity contribution in [3.8, 4) is 0 Å². The van der Waals surface area contributed by atoms with E-state index in [0.717, 1.165) is 24.9 Å². The second-order valence-corrected chi connectivity index (χ2v) is 10.0. The van der Waals surface area contributed by atoms with Crippen LogP contribution in [0.5, 0.6) is 0 Å². The van der Waals surface area contributed by atoms with Crippen LogP contribution in [0.1, 0.15) is 49.5 Å². The van der Waals surface area contributed by atoms with Gasteiger partial charge in [0.05, 0.1) is 37.5 Å². The van der Waals surface area contributed by atoms with Crippen molar-refractivity contribution in [2.24, 2.45) is 17.4 Å². The molecule has 0 aromatic heterocycles. The minimum absolute atomic E-state index is 0.0207. The maximum absolute atomic E-state index is 12.8. The highest BCUT2D eigenvalue weighted by Gasteiger charge is 2.40. The highest BCUT2D eigenvalue weighted by molar-refractivity contribution is 6.07. The molecule has 1 atom stereocenters. The van der Waals surface area contributed by atoms with E-state index in [-0.39, 0.29) is 29.1 Å². The monoisotopic (exact) mass is 550 g/mol. The lowest BCUT2D eigenvalue weighted by molar-refractivity contribution is -0.544. The Morgan fingerprint density at radius 1 is 0.949 bits per heavy atom. The van der Waals surface area contributed by atoms with Crippen LogP contribution in [0.15, 0.2) is 48.5 Å². The van der Waals surface area contributed by atoms with Gasteiger partial charge in [-0.3, -0.25) is 25.6 Å². The Bertz CT molecular complexity index is 1200. The minimum Gasteiger partial charge on any atom is -0.462 e. The predicted octanol–water partition coefficient (Wildman–Crippen LogP) is 3.59. The first-order valence-corrected chi connectivity index (χ1v) is 12.2. The molecule has 0 bridgehead atoms. The van der Waals surface area contributed by atoms with Gasteiger partial charge in [0.1, 0.15) is 0 Å². The summed E-state index contributed by atoms with van der Waals surface area (Å²) >= 11 is 0. The van der Waals surface area contributed by atoms with E-state index in [0.29, 0.717) is 30.6 Å². The number of carbonyl (C=O) groups excluding carboxylic acids is 3. The summed E-state index contributed by atoms with van der Waals surface area (Å²) in [7, 11) is 0.676. The van der Waals surface area contributed by atoms with E-state index >= 15 is 0 Å². The second kappa shape index (κ2) is 13.1. The van der Waals surface area contributed by atoms with Crippen LogP contribution >= 0.6 is 0 Å².